The van der Waals surface area contributed by atoms with Crippen LogP contribution in [0, 0.1) is 0 Å². The van der Waals surface area contributed by atoms with Gasteiger partial charge in [-0.3, -0.25) is 0 Å². The van der Waals surface area contributed by atoms with Crippen molar-refractivity contribution in [2.45, 2.75) is 4.90 Å². The Bertz CT molecular complexity index is 1230. The summed E-state index contributed by atoms with van der Waals surface area (Å²) in [4.78, 5) is 6.08. The molecule has 4 nitrogen and oxygen atoms in total. The minimum atomic E-state index is 0.252. The molecule has 28 heavy (non-hydrogen) atoms. The predicted octanol–water partition coefficient (Wildman–Crippen LogP) is 5.78. The maximum absolute atomic E-state index is 6.16. The third kappa shape index (κ3) is 3.14. The summed E-state index contributed by atoms with van der Waals surface area (Å²) in [6.07, 6.45) is 2.07. The lowest BCUT2D eigenvalue weighted by atomic mass is 10.1. The zero-order chi connectivity index (χ0) is 18.9. The van der Waals surface area contributed by atoms with E-state index in [2.05, 4.69) is 30.5 Å². The molecule has 0 bridgehead atoms. The molecule has 4 aromatic rings. The number of rotatable bonds is 3. The van der Waals surface area contributed by atoms with Crippen molar-refractivity contribution in [2.75, 3.05) is 13.0 Å². The zero-order valence-electron chi connectivity index (χ0n) is 15.2. The van der Waals surface area contributed by atoms with Crippen molar-refractivity contribution in [1.82, 2.24) is 0 Å². The predicted molar refractivity (Wildman–Crippen MR) is 111 cm³/mol. The molecule has 0 saturated heterocycles. The lowest BCUT2D eigenvalue weighted by molar-refractivity contribution is 0.174. The van der Waals surface area contributed by atoms with Crippen LogP contribution in [0.4, 0.5) is 5.69 Å². The molecule has 0 spiro atoms. The van der Waals surface area contributed by atoms with Crippen LogP contribution in [0.3, 0.4) is 0 Å². The first-order valence-corrected chi connectivity index (χ1v) is 10.1. The Kier molecular flexibility index (Phi) is 4.29. The Labute approximate surface area is 166 Å². The number of fused-ring (bicyclic) bond motifs is 2. The van der Waals surface area contributed by atoms with E-state index in [1.165, 1.54) is 4.90 Å². The highest BCUT2D eigenvalue weighted by Gasteiger charge is 2.13. The van der Waals surface area contributed by atoms with E-state index in [9.17, 15) is 0 Å². The van der Waals surface area contributed by atoms with E-state index in [1.807, 2.05) is 48.5 Å². The summed E-state index contributed by atoms with van der Waals surface area (Å²) in [7, 11) is 0. The van der Waals surface area contributed by atoms with Crippen LogP contribution in [-0.4, -0.2) is 13.0 Å². The van der Waals surface area contributed by atoms with Gasteiger partial charge in [0.2, 0.25) is 6.79 Å². The number of ether oxygens (including phenoxy) is 2. The highest BCUT2D eigenvalue weighted by atomic mass is 32.2. The number of nitrogens with zero attached hydrogens (tertiary/aromatic N) is 1. The molecule has 138 valence electrons. The van der Waals surface area contributed by atoms with Crippen molar-refractivity contribution < 1.29 is 13.9 Å². The summed E-state index contributed by atoms with van der Waals surface area (Å²) in [5.74, 6) is 2.26. The molecular weight excluding hydrogens is 370 g/mol. The lowest BCUT2D eigenvalue weighted by Crippen LogP contribution is -2.03. The topological polar surface area (TPSA) is 44.0 Å². The molecule has 0 N–H and O–H groups in total. The molecule has 2 heterocycles. The zero-order valence-corrected chi connectivity index (χ0v) is 16.0. The Hall–Kier alpha value is -3.18. The lowest BCUT2D eigenvalue weighted by Gasteiger charge is -2.06. The average Bonchev–Trinajstić information content (AvgIpc) is 3.21. The Morgan fingerprint density at radius 2 is 1.68 bits per heavy atom. The smallest absolute Gasteiger partial charge is 0.231 e. The Morgan fingerprint density at radius 3 is 2.54 bits per heavy atom. The minimum Gasteiger partial charge on any atom is -0.456 e. The largest absolute Gasteiger partial charge is 0.456 e. The molecule has 0 radical (unpaired) electrons. The first-order valence-electron chi connectivity index (χ1n) is 8.92. The highest BCUT2D eigenvalue weighted by molar-refractivity contribution is 7.98. The van der Waals surface area contributed by atoms with Crippen LogP contribution in [0.15, 0.2) is 87.1 Å². The molecular formula is C23H17NO3S. The molecule has 0 saturated carbocycles. The second-order valence-electron chi connectivity index (χ2n) is 6.37. The number of para-hydroxylation sites is 1. The van der Waals surface area contributed by atoms with Gasteiger partial charge in [-0.15, -0.1) is 11.8 Å². The van der Waals surface area contributed by atoms with Gasteiger partial charge in [-0.05, 0) is 42.7 Å². The fourth-order valence-corrected chi connectivity index (χ4v) is 3.61. The molecule has 1 aliphatic rings. The third-order valence-electron chi connectivity index (χ3n) is 4.63. The fraction of sp³-hybridized carbons (Fsp3) is 0.0870. The van der Waals surface area contributed by atoms with Crippen molar-refractivity contribution in [3.63, 3.8) is 0 Å². The van der Waals surface area contributed by atoms with Gasteiger partial charge in [0, 0.05) is 28.0 Å². The van der Waals surface area contributed by atoms with Crippen molar-refractivity contribution in [3.05, 3.63) is 78.2 Å². The van der Waals surface area contributed by atoms with Crippen molar-refractivity contribution in [2.24, 2.45) is 4.99 Å². The number of hydrogen-bond donors (Lipinski definition) is 0. The SMILES string of the molecule is CSc1ccc(-c2cc(=Nc3ccc4c(c3)OCO4)c3ccccc3o2)cc1. The number of thioether (sulfide) groups is 1. The summed E-state index contributed by atoms with van der Waals surface area (Å²) < 4.78 is 17.0. The minimum absolute atomic E-state index is 0.252. The van der Waals surface area contributed by atoms with Gasteiger partial charge in [0.05, 0.1) is 11.0 Å². The molecule has 0 unspecified atom stereocenters. The highest BCUT2D eigenvalue weighted by Crippen LogP contribution is 2.35. The molecule has 0 amide bonds. The van der Waals surface area contributed by atoms with E-state index in [0.717, 1.165) is 44.8 Å². The number of hydrogen-bond acceptors (Lipinski definition) is 5. The molecule has 5 rings (SSSR count). The van der Waals surface area contributed by atoms with Gasteiger partial charge in [0.15, 0.2) is 11.5 Å². The summed E-state index contributed by atoms with van der Waals surface area (Å²) in [6, 6.07) is 24.0. The third-order valence-corrected chi connectivity index (χ3v) is 5.37. The van der Waals surface area contributed by atoms with E-state index in [4.69, 9.17) is 18.9 Å². The van der Waals surface area contributed by atoms with Crippen LogP contribution in [0.5, 0.6) is 11.5 Å². The van der Waals surface area contributed by atoms with Gasteiger partial charge in [-0.25, -0.2) is 4.99 Å². The normalized spacial score (nSPS) is 13.2. The van der Waals surface area contributed by atoms with Gasteiger partial charge in [-0.2, -0.15) is 0 Å². The van der Waals surface area contributed by atoms with Gasteiger partial charge in [-0.1, -0.05) is 24.3 Å². The summed E-state index contributed by atoms with van der Waals surface area (Å²) in [6.45, 7) is 0.252. The Balaban J connectivity index is 1.68. The summed E-state index contributed by atoms with van der Waals surface area (Å²) in [5, 5.41) is 1.81. The summed E-state index contributed by atoms with van der Waals surface area (Å²) in [5.41, 5.74) is 2.63. The second-order valence-corrected chi connectivity index (χ2v) is 7.25. The van der Waals surface area contributed by atoms with Crippen LogP contribution in [0.1, 0.15) is 0 Å². The maximum atomic E-state index is 6.16. The van der Waals surface area contributed by atoms with E-state index < -0.39 is 0 Å². The quantitative estimate of drug-likeness (QED) is 0.418. The second kappa shape index (κ2) is 7.09. The maximum Gasteiger partial charge on any atom is 0.231 e. The van der Waals surface area contributed by atoms with Crippen LogP contribution >= 0.6 is 11.8 Å². The number of benzene rings is 3. The van der Waals surface area contributed by atoms with Crippen LogP contribution in [0.25, 0.3) is 22.3 Å². The standard InChI is InChI=1S/C23H17NO3S/c1-28-17-9-6-15(7-10-17)22-13-19(18-4-2-3-5-20(18)27-22)24-16-8-11-21-23(12-16)26-14-25-21/h2-13H,14H2,1H3. The van der Waals surface area contributed by atoms with E-state index in [1.54, 1.807) is 11.8 Å². The van der Waals surface area contributed by atoms with Gasteiger partial charge in [0.1, 0.15) is 11.3 Å². The van der Waals surface area contributed by atoms with E-state index in [-0.39, 0.29) is 6.79 Å². The molecule has 0 atom stereocenters. The average molecular weight is 387 g/mol. The molecule has 1 aromatic heterocycles. The van der Waals surface area contributed by atoms with Crippen LogP contribution in [0.2, 0.25) is 0 Å². The van der Waals surface area contributed by atoms with Crippen molar-refractivity contribution >= 4 is 28.4 Å². The molecule has 3 aromatic carbocycles. The van der Waals surface area contributed by atoms with Gasteiger partial charge >= 0.3 is 0 Å². The van der Waals surface area contributed by atoms with Crippen molar-refractivity contribution in [3.8, 4) is 22.8 Å². The van der Waals surface area contributed by atoms with Gasteiger partial charge in [0.25, 0.3) is 0 Å². The van der Waals surface area contributed by atoms with E-state index in [0.29, 0.717) is 0 Å². The first kappa shape index (κ1) is 17.0. The summed E-state index contributed by atoms with van der Waals surface area (Å²) >= 11 is 1.72. The van der Waals surface area contributed by atoms with E-state index >= 15 is 0 Å². The Morgan fingerprint density at radius 1 is 0.857 bits per heavy atom. The molecule has 1 aliphatic heterocycles. The first-order chi connectivity index (χ1) is 13.8. The van der Waals surface area contributed by atoms with Gasteiger partial charge < -0.3 is 13.9 Å². The molecule has 0 aliphatic carbocycles. The fourth-order valence-electron chi connectivity index (χ4n) is 3.20. The van der Waals surface area contributed by atoms with Crippen LogP contribution < -0.4 is 14.8 Å². The monoisotopic (exact) mass is 387 g/mol. The molecule has 5 heteroatoms. The molecule has 0 fully saturated rings. The van der Waals surface area contributed by atoms with Crippen molar-refractivity contribution in [1.29, 1.82) is 0 Å². The van der Waals surface area contributed by atoms with Crippen LogP contribution in [-0.2, 0) is 0 Å².